The van der Waals surface area contributed by atoms with Gasteiger partial charge in [-0.3, -0.25) is 4.79 Å². The third kappa shape index (κ3) is 2.12. The van der Waals surface area contributed by atoms with Gasteiger partial charge in [-0.25, -0.2) is 4.79 Å². The number of carbonyl (C=O) groups excluding carboxylic acids is 2. The molecule has 0 heterocycles. The Morgan fingerprint density at radius 1 is 1.53 bits per heavy atom. The lowest BCUT2D eigenvalue weighted by molar-refractivity contribution is -0.170. The van der Waals surface area contributed by atoms with E-state index in [4.69, 9.17) is 9.47 Å². The van der Waals surface area contributed by atoms with Crippen LogP contribution < -0.4 is 5.32 Å². The fourth-order valence-electron chi connectivity index (χ4n) is 1.90. The summed E-state index contributed by atoms with van der Waals surface area (Å²) < 4.78 is 10.1. The number of amides is 1. The number of nitrogens with one attached hydrogen (secondary N) is 1. The molecule has 0 radical (unpaired) electrons. The van der Waals surface area contributed by atoms with Crippen molar-refractivity contribution in [2.24, 2.45) is 0 Å². The molecule has 1 fully saturated rings. The van der Waals surface area contributed by atoms with Gasteiger partial charge in [0.05, 0.1) is 13.2 Å². The molecule has 86 valence electrons. The molecule has 1 aliphatic carbocycles. The molecule has 1 N–H and O–H groups in total. The zero-order chi connectivity index (χ0) is 11.5. The summed E-state index contributed by atoms with van der Waals surface area (Å²) in [5, 5.41) is 2.64. The summed E-state index contributed by atoms with van der Waals surface area (Å²) >= 11 is 0. The third-order valence-corrected chi connectivity index (χ3v) is 2.67. The minimum absolute atomic E-state index is 0.246. The van der Waals surface area contributed by atoms with Gasteiger partial charge in [0.2, 0.25) is 5.91 Å². The number of hydrogen-bond acceptors (Lipinski definition) is 4. The molecule has 2 atom stereocenters. The molecule has 1 amide bonds. The molecule has 0 aromatic rings. The Bertz CT molecular complexity index is 266. The SMILES string of the molecule is CCO[C@@H]1CC[C@]1(NC(C)=O)C(=O)OC. The summed E-state index contributed by atoms with van der Waals surface area (Å²) in [5.41, 5.74) is -0.962. The Morgan fingerprint density at radius 3 is 2.53 bits per heavy atom. The first-order chi connectivity index (χ1) is 7.06. The van der Waals surface area contributed by atoms with Crippen molar-refractivity contribution in [2.75, 3.05) is 13.7 Å². The van der Waals surface area contributed by atoms with Crippen molar-refractivity contribution < 1.29 is 19.1 Å². The molecular formula is C10H17NO4. The summed E-state index contributed by atoms with van der Waals surface area (Å²) in [5.74, 6) is -0.674. The van der Waals surface area contributed by atoms with Gasteiger partial charge < -0.3 is 14.8 Å². The first-order valence-electron chi connectivity index (χ1n) is 5.05. The van der Waals surface area contributed by atoms with E-state index >= 15 is 0 Å². The topological polar surface area (TPSA) is 64.6 Å². The molecule has 0 aromatic carbocycles. The van der Waals surface area contributed by atoms with E-state index in [0.717, 1.165) is 6.42 Å². The fourth-order valence-corrected chi connectivity index (χ4v) is 1.90. The molecule has 0 spiro atoms. The number of hydrogen-bond donors (Lipinski definition) is 1. The lowest BCUT2D eigenvalue weighted by atomic mass is 9.73. The van der Waals surface area contributed by atoms with Gasteiger partial charge in [0, 0.05) is 13.5 Å². The van der Waals surface area contributed by atoms with Crippen molar-refractivity contribution in [3.05, 3.63) is 0 Å². The highest BCUT2D eigenvalue weighted by molar-refractivity contribution is 5.89. The average molecular weight is 215 g/mol. The van der Waals surface area contributed by atoms with Gasteiger partial charge in [0.25, 0.3) is 0 Å². The summed E-state index contributed by atoms with van der Waals surface area (Å²) in [4.78, 5) is 22.7. The van der Waals surface area contributed by atoms with Crippen molar-refractivity contribution in [3.63, 3.8) is 0 Å². The maximum Gasteiger partial charge on any atom is 0.334 e. The molecule has 0 unspecified atom stereocenters. The van der Waals surface area contributed by atoms with Gasteiger partial charge in [-0.2, -0.15) is 0 Å². The highest BCUT2D eigenvalue weighted by atomic mass is 16.5. The van der Waals surface area contributed by atoms with Gasteiger partial charge in [0.1, 0.15) is 0 Å². The smallest absolute Gasteiger partial charge is 0.334 e. The Kier molecular flexibility index (Phi) is 3.68. The maximum absolute atomic E-state index is 11.6. The van der Waals surface area contributed by atoms with Crippen LogP contribution in [-0.2, 0) is 19.1 Å². The molecule has 1 saturated carbocycles. The normalized spacial score (nSPS) is 29.1. The van der Waals surface area contributed by atoms with Crippen LogP contribution in [0.1, 0.15) is 26.7 Å². The predicted octanol–water partition coefficient (Wildman–Crippen LogP) is 0.233. The lowest BCUT2D eigenvalue weighted by Crippen LogP contribution is -2.68. The van der Waals surface area contributed by atoms with Crippen molar-refractivity contribution in [3.8, 4) is 0 Å². The summed E-state index contributed by atoms with van der Waals surface area (Å²) in [7, 11) is 1.31. The van der Waals surface area contributed by atoms with Gasteiger partial charge in [-0.1, -0.05) is 0 Å². The number of methoxy groups -OCH3 is 1. The average Bonchev–Trinajstić information content (AvgIpc) is 2.19. The van der Waals surface area contributed by atoms with Crippen LogP contribution in [0.15, 0.2) is 0 Å². The number of esters is 1. The van der Waals surface area contributed by atoms with Crippen molar-refractivity contribution in [1.82, 2.24) is 5.32 Å². The van der Waals surface area contributed by atoms with E-state index in [1.165, 1.54) is 14.0 Å². The molecule has 0 saturated heterocycles. The van der Waals surface area contributed by atoms with Crippen LogP contribution >= 0.6 is 0 Å². The van der Waals surface area contributed by atoms with Crippen LogP contribution in [0.4, 0.5) is 0 Å². The van der Waals surface area contributed by atoms with Crippen molar-refractivity contribution in [2.45, 2.75) is 38.3 Å². The van der Waals surface area contributed by atoms with Crippen LogP contribution in [0.2, 0.25) is 0 Å². The van der Waals surface area contributed by atoms with E-state index in [2.05, 4.69) is 5.32 Å². The zero-order valence-corrected chi connectivity index (χ0v) is 9.33. The molecule has 1 aliphatic rings. The molecule has 5 nitrogen and oxygen atoms in total. The molecule has 0 aromatic heterocycles. The van der Waals surface area contributed by atoms with E-state index in [1.54, 1.807) is 0 Å². The Morgan fingerprint density at radius 2 is 2.20 bits per heavy atom. The van der Waals surface area contributed by atoms with E-state index < -0.39 is 11.5 Å². The summed E-state index contributed by atoms with van der Waals surface area (Å²) in [6, 6.07) is 0. The standard InChI is InChI=1S/C10H17NO4/c1-4-15-8-5-6-10(8,9(13)14-3)11-7(2)12/h8H,4-6H2,1-3H3,(H,11,12)/t8-,10-/m1/s1. The van der Waals surface area contributed by atoms with Crippen LogP contribution in [0, 0.1) is 0 Å². The van der Waals surface area contributed by atoms with Gasteiger partial charge >= 0.3 is 5.97 Å². The minimum Gasteiger partial charge on any atom is -0.467 e. The highest BCUT2D eigenvalue weighted by Crippen LogP contribution is 2.36. The van der Waals surface area contributed by atoms with Gasteiger partial charge in [-0.05, 0) is 19.8 Å². The second kappa shape index (κ2) is 4.61. The fraction of sp³-hybridized carbons (Fsp3) is 0.800. The van der Waals surface area contributed by atoms with Crippen LogP contribution in [-0.4, -0.2) is 37.2 Å². The quantitative estimate of drug-likeness (QED) is 0.682. The highest BCUT2D eigenvalue weighted by Gasteiger charge is 2.55. The monoisotopic (exact) mass is 215 g/mol. The minimum atomic E-state index is -0.962. The molecule has 1 rings (SSSR count). The molecule has 15 heavy (non-hydrogen) atoms. The second-order valence-corrected chi connectivity index (χ2v) is 3.63. The Balaban J connectivity index is 2.77. The van der Waals surface area contributed by atoms with Crippen molar-refractivity contribution >= 4 is 11.9 Å². The first-order valence-corrected chi connectivity index (χ1v) is 5.05. The second-order valence-electron chi connectivity index (χ2n) is 3.63. The number of rotatable bonds is 4. The Hall–Kier alpha value is -1.10. The largest absolute Gasteiger partial charge is 0.467 e. The van der Waals surface area contributed by atoms with Crippen LogP contribution in [0.25, 0.3) is 0 Å². The van der Waals surface area contributed by atoms with Crippen LogP contribution in [0.3, 0.4) is 0 Å². The van der Waals surface area contributed by atoms with E-state index in [9.17, 15) is 9.59 Å². The zero-order valence-electron chi connectivity index (χ0n) is 9.33. The molecule has 5 heteroatoms. The molecule has 0 bridgehead atoms. The van der Waals surface area contributed by atoms with E-state index in [1.807, 2.05) is 6.92 Å². The lowest BCUT2D eigenvalue weighted by Gasteiger charge is -2.46. The third-order valence-electron chi connectivity index (χ3n) is 2.67. The van der Waals surface area contributed by atoms with Crippen LogP contribution in [0.5, 0.6) is 0 Å². The summed E-state index contributed by atoms with van der Waals surface area (Å²) in [6.07, 6.45) is 1.08. The molecule has 0 aliphatic heterocycles. The Labute approximate surface area is 89.1 Å². The van der Waals surface area contributed by atoms with Crippen molar-refractivity contribution in [1.29, 1.82) is 0 Å². The molecular weight excluding hydrogens is 198 g/mol. The predicted molar refractivity (Wildman–Crippen MR) is 53.2 cm³/mol. The number of ether oxygens (including phenoxy) is 2. The van der Waals surface area contributed by atoms with E-state index in [-0.39, 0.29) is 12.0 Å². The first kappa shape index (κ1) is 12.0. The van der Waals surface area contributed by atoms with Gasteiger partial charge in [0.15, 0.2) is 5.54 Å². The van der Waals surface area contributed by atoms with E-state index in [0.29, 0.717) is 13.0 Å². The summed E-state index contributed by atoms with van der Waals surface area (Å²) in [6.45, 7) is 3.75. The number of carbonyl (C=O) groups is 2. The van der Waals surface area contributed by atoms with Gasteiger partial charge in [-0.15, -0.1) is 0 Å². The maximum atomic E-state index is 11.6.